The number of hydrogen-bond donors (Lipinski definition) is 2. The Kier molecular flexibility index (Phi) is 17.6. The summed E-state index contributed by atoms with van der Waals surface area (Å²) in [6.07, 6.45) is 16.2. The van der Waals surface area contributed by atoms with Gasteiger partial charge in [-0.3, -0.25) is 24.7 Å². The number of esters is 1. The number of aryl methyl sites for hydroxylation is 2. The van der Waals surface area contributed by atoms with Gasteiger partial charge in [-0.1, -0.05) is 19.6 Å². The predicted molar refractivity (Wildman–Crippen MR) is 277 cm³/mol. The maximum absolute atomic E-state index is 11.9. The summed E-state index contributed by atoms with van der Waals surface area (Å²) in [6.45, 7) is 18.9. The number of hydrogen-bond acceptors (Lipinski definition) is 16. The first-order valence-electron chi connectivity index (χ1n) is 25.0. The molecule has 2 aliphatic rings. The lowest BCUT2D eigenvalue weighted by Crippen LogP contribution is -2.32. The van der Waals surface area contributed by atoms with E-state index in [2.05, 4.69) is 54.8 Å². The second-order valence-corrected chi connectivity index (χ2v) is 26.9. The lowest BCUT2D eigenvalue weighted by Gasteiger charge is -2.21. The lowest BCUT2D eigenvalue weighted by molar-refractivity contribution is -0.152. The van der Waals surface area contributed by atoms with Gasteiger partial charge in [-0.15, -0.1) is 10.2 Å². The molecule has 0 bridgehead atoms. The molecule has 0 aromatic carbocycles. The van der Waals surface area contributed by atoms with Gasteiger partial charge in [0.25, 0.3) is 0 Å². The van der Waals surface area contributed by atoms with Gasteiger partial charge in [0, 0.05) is 73.9 Å². The van der Waals surface area contributed by atoms with Crippen molar-refractivity contribution in [3.63, 3.8) is 0 Å². The van der Waals surface area contributed by atoms with Crippen molar-refractivity contribution >= 4 is 20.0 Å². The number of carboxylic acid groups (broad SMARTS) is 1. The largest absolute Gasteiger partial charge is 0.481 e. The zero-order valence-electron chi connectivity index (χ0n) is 43.9. The molecule has 19 nitrogen and oxygen atoms in total. The van der Waals surface area contributed by atoms with Gasteiger partial charge in [-0.05, 0) is 134 Å². The molecule has 2 fully saturated rings. The minimum atomic E-state index is -1.18. The molecule has 8 rings (SSSR count). The Morgan fingerprint density at radius 1 is 0.740 bits per heavy atom. The first-order chi connectivity index (χ1) is 34.8. The third kappa shape index (κ3) is 14.9. The van der Waals surface area contributed by atoms with Crippen LogP contribution in [0.4, 0.5) is 0 Å². The SMILES string of the molecule is COC(=O)C(C)(C)COc1cc(C)c(-c2ccc(-c3nc(OC4CCCC4)n(COCC[Si](C)(C)C)n3)cn2)cn1.Cc1cc(OCC(C)(C)C(=O)O)ncc1-c1ccc(-c2nc(OC3CCCC3)n[nH]2)cn1. The van der Waals surface area contributed by atoms with Crippen LogP contribution in [0, 0.1) is 24.7 Å². The van der Waals surface area contributed by atoms with Crippen molar-refractivity contribution in [1.29, 1.82) is 0 Å². The van der Waals surface area contributed by atoms with Gasteiger partial charge in [0.15, 0.2) is 11.6 Å². The molecule has 73 heavy (non-hydrogen) atoms. The second-order valence-electron chi connectivity index (χ2n) is 21.3. The average molecular weight is 1020 g/mol. The van der Waals surface area contributed by atoms with Crippen molar-refractivity contribution in [2.24, 2.45) is 10.8 Å². The van der Waals surface area contributed by atoms with Gasteiger partial charge in [0.1, 0.15) is 32.2 Å². The van der Waals surface area contributed by atoms with Crippen LogP contribution in [0.5, 0.6) is 23.8 Å². The molecule has 0 saturated heterocycles. The quantitative estimate of drug-likeness (QED) is 0.0388. The Labute approximate surface area is 428 Å². The molecule has 0 radical (unpaired) electrons. The molecule has 0 spiro atoms. The maximum atomic E-state index is 11.9. The Bertz CT molecular complexity index is 2780. The summed E-state index contributed by atoms with van der Waals surface area (Å²) in [4.78, 5) is 50.3. The summed E-state index contributed by atoms with van der Waals surface area (Å²) in [5.74, 6) is 0.736. The summed E-state index contributed by atoms with van der Waals surface area (Å²) in [7, 11) is 0.188. The molecular weight excluding hydrogens is 949 g/mol. The van der Waals surface area contributed by atoms with E-state index < -0.39 is 24.9 Å². The van der Waals surface area contributed by atoms with Crippen molar-refractivity contribution in [3.05, 3.63) is 72.3 Å². The fraction of sp³-hybridized carbons (Fsp3) is 0.509. The highest BCUT2D eigenvalue weighted by Gasteiger charge is 2.31. The average Bonchev–Trinajstić information content (AvgIpc) is 4.22. The van der Waals surface area contributed by atoms with E-state index >= 15 is 0 Å². The Morgan fingerprint density at radius 3 is 1.79 bits per heavy atom. The number of carboxylic acids is 1. The lowest BCUT2D eigenvalue weighted by atomic mass is 9.95. The molecule has 2 saturated carbocycles. The molecule has 20 heteroatoms. The highest BCUT2D eigenvalue weighted by atomic mass is 28.3. The number of aromatic nitrogens is 10. The van der Waals surface area contributed by atoms with Crippen LogP contribution in [-0.2, 0) is 25.8 Å². The molecule has 2 N–H and O–H groups in total. The zero-order chi connectivity index (χ0) is 52.3. The van der Waals surface area contributed by atoms with Crippen LogP contribution in [0.15, 0.2) is 61.2 Å². The Hall–Kier alpha value is -6.80. The smallest absolute Gasteiger partial charge is 0.336 e. The third-order valence-electron chi connectivity index (χ3n) is 12.7. The molecule has 6 aromatic heterocycles. The molecular formula is C53H70N10O9Si. The minimum absolute atomic E-state index is 0.0324. The summed E-state index contributed by atoms with van der Waals surface area (Å²) in [6, 6.07) is 13.3. The van der Waals surface area contributed by atoms with Crippen molar-refractivity contribution in [2.45, 2.75) is 138 Å². The van der Waals surface area contributed by atoms with Gasteiger partial charge < -0.3 is 33.5 Å². The first kappa shape index (κ1) is 54.0. The van der Waals surface area contributed by atoms with Gasteiger partial charge in [0.2, 0.25) is 11.8 Å². The number of nitrogens with zero attached hydrogens (tertiary/aromatic N) is 9. The standard InChI is InChI=1S/C30H43N5O5Si.C23H27N5O4/c1-21-16-26(39-19-30(2,3)28(36)37-4)32-18-24(21)25-13-12-22(17-31-25)27-33-29(40-23-10-8-9-11-23)35(34-27)20-38-14-15-41(5,6)7;1-14-10-19(31-13-23(2,3)21(29)30)25-12-17(14)18-9-8-15(11-24-18)20-26-22(28-27-20)32-16-6-4-5-7-16/h12-13,16-18,23H,8-11,14-15,19-20H2,1-7H3;8-12,16H,4-7,13H2,1-3H3,(H,29,30)(H,26,27,28). The Morgan fingerprint density at radius 2 is 1.29 bits per heavy atom. The Balaban J connectivity index is 0.000000220. The van der Waals surface area contributed by atoms with Crippen LogP contribution >= 0.6 is 0 Å². The van der Waals surface area contributed by atoms with Crippen LogP contribution in [0.1, 0.15) is 90.2 Å². The van der Waals surface area contributed by atoms with E-state index in [4.69, 9.17) is 38.5 Å². The summed E-state index contributed by atoms with van der Waals surface area (Å²) >= 11 is 0. The fourth-order valence-corrected chi connectivity index (χ4v) is 8.69. The van der Waals surface area contributed by atoms with Crippen LogP contribution in [0.2, 0.25) is 25.7 Å². The van der Waals surface area contributed by atoms with Crippen LogP contribution in [0.25, 0.3) is 45.3 Å². The van der Waals surface area contributed by atoms with Crippen molar-refractivity contribution < 1.29 is 43.1 Å². The monoisotopic (exact) mass is 1020 g/mol. The number of methoxy groups -OCH3 is 1. The molecule has 2 aliphatic carbocycles. The van der Waals surface area contributed by atoms with E-state index in [-0.39, 0.29) is 31.4 Å². The van der Waals surface area contributed by atoms with Crippen molar-refractivity contribution in [1.82, 2.24) is 49.9 Å². The van der Waals surface area contributed by atoms with Crippen LogP contribution in [0.3, 0.4) is 0 Å². The molecule has 0 unspecified atom stereocenters. The van der Waals surface area contributed by atoms with E-state index in [1.165, 1.54) is 32.8 Å². The van der Waals surface area contributed by atoms with E-state index in [9.17, 15) is 14.7 Å². The first-order valence-corrected chi connectivity index (χ1v) is 28.7. The number of ether oxygens (including phenoxy) is 6. The molecule has 0 amide bonds. The van der Waals surface area contributed by atoms with Crippen LogP contribution < -0.4 is 18.9 Å². The number of rotatable bonds is 21. The molecule has 6 heterocycles. The van der Waals surface area contributed by atoms with Crippen molar-refractivity contribution in [2.75, 3.05) is 26.9 Å². The van der Waals surface area contributed by atoms with E-state index in [1.54, 1.807) is 63.2 Å². The number of carbonyl (C=O) groups excluding carboxylic acids is 1. The molecule has 0 atom stereocenters. The molecule has 390 valence electrons. The topological polar surface area (TPSA) is 234 Å². The molecule has 6 aromatic rings. The van der Waals surface area contributed by atoms with Gasteiger partial charge in [0.05, 0.1) is 29.3 Å². The molecule has 0 aliphatic heterocycles. The number of aromatic amines is 1. The minimum Gasteiger partial charge on any atom is -0.481 e. The summed E-state index contributed by atoms with van der Waals surface area (Å²) in [5, 5.41) is 21.0. The predicted octanol–water partition coefficient (Wildman–Crippen LogP) is 9.97. The van der Waals surface area contributed by atoms with E-state index in [0.29, 0.717) is 48.8 Å². The maximum Gasteiger partial charge on any atom is 0.336 e. The summed E-state index contributed by atoms with van der Waals surface area (Å²) < 4.78 is 36.0. The highest BCUT2D eigenvalue weighted by molar-refractivity contribution is 6.76. The van der Waals surface area contributed by atoms with Gasteiger partial charge in [-0.2, -0.15) is 14.6 Å². The van der Waals surface area contributed by atoms with Crippen molar-refractivity contribution in [3.8, 4) is 69.1 Å². The second kappa shape index (κ2) is 23.8. The normalized spacial score (nSPS) is 14.4. The number of aliphatic carboxylic acids is 1. The fourth-order valence-electron chi connectivity index (χ4n) is 7.93. The number of nitrogens with one attached hydrogen (secondary N) is 1. The third-order valence-corrected chi connectivity index (χ3v) is 14.4. The highest BCUT2D eigenvalue weighted by Crippen LogP contribution is 2.31. The zero-order valence-corrected chi connectivity index (χ0v) is 44.9. The van der Waals surface area contributed by atoms with Gasteiger partial charge >= 0.3 is 24.0 Å². The number of H-pyrrole nitrogens is 1. The number of carbonyl (C=O) groups is 2. The number of pyridine rings is 4. The summed E-state index contributed by atoms with van der Waals surface area (Å²) in [5.41, 5.74) is 5.00. The van der Waals surface area contributed by atoms with E-state index in [0.717, 1.165) is 76.5 Å². The van der Waals surface area contributed by atoms with Crippen LogP contribution in [-0.4, -0.2) is 114 Å². The van der Waals surface area contributed by atoms with E-state index in [1.807, 2.05) is 44.2 Å². The van der Waals surface area contributed by atoms with Gasteiger partial charge in [-0.25, -0.2) is 9.97 Å².